The highest BCUT2D eigenvalue weighted by Crippen LogP contribution is 2.17. The van der Waals surface area contributed by atoms with E-state index < -0.39 is 0 Å². The summed E-state index contributed by atoms with van der Waals surface area (Å²) in [5, 5.41) is 6.02. The molecule has 0 aromatic rings. The van der Waals surface area contributed by atoms with E-state index in [9.17, 15) is 9.59 Å². The van der Waals surface area contributed by atoms with Gasteiger partial charge in [-0.3, -0.25) is 0 Å². The second-order valence-corrected chi connectivity index (χ2v) is 5.71. The maximum atomic E-state index is 12.0. The predicted molar refractivity (Wildman–Crippen MR) is 75.5 cm³/mol. The van der Waals surface area contributed by atoms with Gasteiger partial charge in [0, 0.05) is 25.2 Å². The number of hydrogen-bond acceptors (Lipinski definition) is 3. The van der Waals surface area contributed by atoms with Crippen LogP contribution in [0.25, 0.3) is 0 Å². The molecule has 3 amide bonds. The van der Waals surface area contributed by atoms with Crippen LogP contribution in [-0.4, -0.2) is 49.3 Å². The monoisotopic (exact) mass is 283 g/mol. The van der Waals surface area contributed by atoms with Crippen molar-refractivity contribution in [3.05, 3.63) is 0 Å². The van der Waals surface area contributed by atoms with Crippen LogP contribution in [0.15, 0.2) is 0 Å². The lowest BCUT2D eigenvalue weighted by molar-refractivity contribution is 0.108. The van der Waals surface area contributed by atoms with Gasteiger partial charge in [0.25, 0.3) is 0 Å². The van der Waals surface area contributed by atoms with Crippen molar-refractivity contribution in [2.75, 3.05) is 20.2 Å². The Hall–Kier alpha value is -1.46. The number of rotatable bonds is 2. The normalized spacial score (nSPS) is 24.1. The maximum absolute atomic E-state index is 12.0. The van der Waals surface area contributed by atoms with Crippen molar-refractivity contribution in [3.63, 3.8) is 0 Å². The van der Waals surface area contributed by atoms with Crippen LogP contribution in [-0.2, 0) is 4.74 Å². The number of nitrogens with zero attached hydrogens (tertiary/aromatic N) is 1. The average molecular weight is 283 g/mol. The van der Waals surface area contributed by atoms with Gasteiger partial charge < -0.3 is 20.3 Å². The minimum atomic E-state index is -0.316. The number of carbonyl (C=O) groups is 2. The molecule has 1 atom stereocenters. The molecular formula is C14H25N3O3. The highest BCUT2D eigenvalue weighted by atomic mass is 16.5. The van der Waals surface area contributed by atoms with Crippen molar-refractivity contribution in [2.45, 2.75) is 57.0 Å². The zero-order chi connectivity index (χ0) is 14.4. The molecule has 114 valence electrons. The molecule has 2 rings (SSSR count). The molecule has 1 aliphatic heterocycles. The summed E-state index contributed by atoms with van der Waals surface area (Å²) in [6, 6.07) is 0.226. The lowest BCUT2D eigenvalue weighted by atomic mass is 9.96. The first kappa shape index (κ1) is 14.9. The topological polar surface area (TPSA) is 70.7 Å². The second-order valence-electron chi connectivity index (χ2n) is 5.71. The van der Waals surface area contributed by atoms with Gasteiger partial charge in [-0.2, -0.15) is 0 Å². The Morgan fingerprint density at radius 3 is 2.35 bits per heavy atom. The summed E-state index contributed by atoms with van der Waals surface area (Å²) in [5.74, 6) is 0. The van der Waals surface area contributed by atoms with E-state index in [-0.39, 0.29) is 18.2 Å². The van der Waals surface area contributed by atoms with Gasteiger partial charge in [0.05, 0.1) is 7.11 Å². The molecule has 2 fully saturated rings. The first-order chi connectivity index (χ1) is 9.69. The molecule has 0 aromatic heterocycles. The Bertz CT molecular complexity index is 343. The second kappa shape index (κ2) is 7.36. The largest absolute Gasteiger partial charge is 0.453 e. The summed E-state index contributed by atoms with van der Waals surface area (Å²) >= 11 is 0. The van der Waals surface area contributed by atoms with Crippen molar-refractivity contribution in [1.82, 2.24) is 15.5 Å². The highest BCUT2D eigenvalue weighted by Gasteiger charge is 2.25. The molecule has 1 heterocycles. The minimum absolute atomic E-state index is 0.0199. The van der Waals surface area contributed by atoms with Gasteiger partial charge in [0.15, 0.2) is 0 Å². The van der Waals surface area contributed by atoms with Crippen LogP contribution in [0.2, 0.25) is 0 Å². The van der Waals surface area contributed by atoms with E-state index in [4.69, 9.17) is 4.74 Å². The molecule has 6 heteroatoms. The van der Waals surface area contributed by atoms with E-state index in [1.165, 1.54) is 26.4 Å². The highest BCUT2D eigenvalue weighted by molar-refractivity contribution is 5.75. The first-order valence-electron chi connectivity index (χ1n) is 7.59. The Morgan fingerprint density at radius 2 is 1.65 bits per heavy atom. The number of hydrogen-bond donors (Lipinski definition) is 2. The van der Waals surface area contributed by atoms with Gasteiger partial charge in [-0.15, -0.1) is 0 Å². The van der Waals surface area contributed by atoms with Gasteiger partial charge in [-0.1, -0.05) is 19.3 Å². The summed E-state index contributed by atoms with van der Waals surface area (Å²) in [7, 11) is 1.38. The van der Waals surface area contributed by atoms with E-state index in [2.05, 4.69) is 10.6 Å². The van der Waals surface area contributed by atoms with Crippen LogP contribution in [0.3, 0.4) is 0 Å². The van der Waals surface area contributed by atoms with Crippen molar-refractivity contribution in [1.29, 1.82) is 0 Å². The van der Waals surface area contributed by atoms with E-state index >= 15 is 0 Å². The Balaban J connectivity index is 1.74. The standard InChI is InChI=1S/C14H25N3O3/c1-20-14(19)17-9-5-8-12(10-17)16-13(18)15-11-6-3-2-4-7-11/h11-12H,2-10H2,1H3,(H2,15,16,18). The van der Waals surface area contributed by atoms with Crippen molar-refractivity contribution < 1.29 is 14.3 Å². The molecule has 1 unspecified atom stereocenters. The molecule has 6 nitrogen and oxygen atoms in total. The molecule has 1 saturated heterocycles. The molecule has 2 N–H and O–H groups in total. The van der Waals surface area contributed by atoms with Crippen molar-refractivity contribution in [3.8, 4) is 0 Å². The molecule has 1 aliphatic carbocycles. The fraction of sp³-hybridized carbons (Fsp3) is 0.857. The van der Waals surface area contributed by atoms with Gasteiger partial charge in [0.2, 0.25) is 0 Å². The zero-order valence-electron chi connectivity index (χ0n) is 12.2. The van der Waals surface area contributed by atoms with Gasteiger partial charge in [-0.05, 0) is 25.7 Å². The molecule has 0 aromatic carbocycles. The Morgan fingerprint density at radius 1 is 1.00 bits per heavy atom. The van der Waals surface area contributed by atoms with E-state index in [0.29, 0.717) is 19.1 Å². The number of methoxy groups -OCH3 is 1. The number of likely N-dealkylation sites (tertiary alicyclic amines) is 1. The molecule has 20 heavy (non-hydrogen) atoms. The van der Waals surface area contributed by atoms with Gasteiger partial charge in [0.1, 0.15) is 0 Å². The minimum Gasteiger partial charge on any atom is -0.453 e. The molecule has 0 bridgehead atoms. The third-order valence-electron chi connectivity index (χ3n) is 4.13. The van der Waals surface area contributed by atoms with Crippen LogP contribution in [0.4, 0.5) is 9.59 Å². The molecule has 0 radical (unpaired) electrons. The summed E-state index contributed by atoms with van der Waals surface area (Å²) < 4.78 is 4.72. The molecule has 1 saturated carbocycles. The summed E-state index contributed by atoms with van der Waals surface area (Å²) in [5.41, 5.74) is 0. The van der Waals surface area contributed by atoms with Gasteiger partial charge in [-0.25, -0.2) is 9.59 Å². The first-order valence-corrected chi connectivity index (χ1v) is 7.59. The predicted octanol–water partition coefficient (Wildman–Crippen LogP) is 1.85. The number of urea groups is 1. The van der Waals surface area contributed by atoms with Crippen LogP contribution < -0.4 is 10.6 Å². The van der Waals surface area contributed by atoms with Crippen LogP contribution in [0, 0.1) is 0 Å². The number of carbonyl (C=O) groups excluding carboxylic acids is 2. The number of nitrogens with one attached hydrogen (secondary N) is 2. The summed E-state index contributed by atoms with van der Waals surface area (Å²) in [4.78, 5) is 25.1. The Labute approximate surface area is 120 Å². The lowest BCUT2D eigenvalue weighted by Gasteiger charge is -2.32. The molecule has 0 spiro atoms. The number of piperidine rings is 1. The SMILES string of the molecule is COC(=O)N1CCCC(NC(=O)NC2CCCCC2)C1. The quantitative estimate of drug-likeness (QED) is 0.812. The third kappa shape index (κ3) is 4.28. The van der Waals surface area contributed by atoms with E-state index in [1.807, 2.05) is 0 Å². The van der Waals surface area contributed by atoms with Crippen molar-refractivity contribution in [2.24, 2.45) is 0 Å². The zero-order valence-corrected chi connectivity index (χ0v) is 12.2. The lowest BCUT2D eigenvalue weighted by Crippen LogP contribution is -2.53. The fourth-order valence-corrected chi connectivity index (χ4v) is 3.05. The van der Waals surface area contributed by atoms with E-state index in [1.54, 1.807) is 4.90 Å². The fourth-order valence-electron chi connectivity index (χ4n) is 3.05. The van der Waals surface area contributed by atoms with Crippen molar-refractivity contribution >= 4 is 12.1 Å². The summed E-state index contributed by atoms with van der Waals surface area (Å²) in [6.45, 7) is 1.24. The van der Waals surface area contributed by atoms with Crippen LogP contribution in [0.1, 0.15) is 44.9 Å². The number of ether oxygens (including phenoxy) is 1. The average Bonchev–Trinajstić information content (AvgIpc) is 2.47. The summed E-state index contributed by atoms with van der Waals surface area (Å²) in [6.07, 6.45) is 7.31. The maximum Gasteiger partial charge on any atom is 0.409 e. The van der Waals surface area contributed by atoms with Gasteiger partial charge >= 0.3 is 12.1 Å². The third-order valence-corrected chi connectivity index (χ3v) is 4.13. The molecular weight excluding hydrogens is 258 g/mol. The number of amides is 3. The Kier molecular flexibility index (Phi) is 5.49. The van der Waals surface area contributed by atoms with E-state index in [0.717, 1.165) is 25.7 Å². The smallest absolute Gasteiger partial charge is 0.409 e. The van der Waals surface area contributed by atoms with Crippen LogP contribution >= 0.6 is 0 Å². The van der Waals surface area contributed by atoms with Crippen LogP contribution in [0.5, 0.6) is 0 Å². The molecule has 2 aliphatic rings.